The molecule has 0 radical (unpaired) electrons. The van der Waals surface area contributed by atoms with Crippen molar-refractivity contribution in [2.45, 2.75) is 58.6 Å². The maximum atomic E-state index is 10.4. The Bertz CT molecular complexity index is 576. The van der Waals surface area contributed by atoms with Gasteiger partial charge in [0.15, 0.2) is 0 Å². The highest BCUT2D eigenvalue weighted by molar-refractivity contribution is 5.28. The van der Waals surface area contributed by atoms with Gasteiger partial charge in [-0.05, 0) is 16.5 Å². The second-order valence-electron chi connectivity index (χ2n) is 6.98. The minimum atomic E-state index is -0.509. The van der Waals surface area contributed by atoms with E-state index in [0.717, 1.165) is 11.4 Å². The first-order chi connectivity index (χ1) is 9.79. The standard InChI is InChI=1S/C18H26N2O/c1-13(2)17-19-10-11-20(17)12-16(21)14-6-8-15(9-7-14)18(3,4)5/h6-11,13,16,21H,12H2,1-5H3. The first-order valence-electron chi connectivity index (χ1n) is 7.58. The fourth-order valence-corrected chi connectivity index (χ4v) is 2.47. The maximum Gasteiger partial charge on any atom is 0.111 e. The lowest BCUT2D eigenvalue weighted by molar-refractivity contribution is 0.155. The number of aliphatic hydroxyl groups is 1. The Morgan fingerprint density at radius 1 is 1.14 bits per heavy atom. The van der Waals surface area contributed by atoms with Crippen LogP contribution in [0.5, 0.6) is 0 Å². The molecule has 1 unspecified atom stereocenters. The van der Waals surface area contributed by atoms with E-state index in [0.29, 0.717) is 12.5 Å². The summed E-state index contributed by atoms with van der Waals surface area (Å²) in [7, 11) is 0. The smallest absolute Gasteiger partial charge is 0.111 e. The number of hydrogen-bond donors (Lipinski definition) is 1. The zero-order chi connectivity index (χ0) is 15.6. The van der Waals surface area contributed by atoms with Crippen LogP contribution in [0, 0.1) is 0 Å². The summed E-state index contributed by atoms with van der Waals surface area (Å²) >= 11 is 0. The highest BCUT2D eigenvalue weighted by Gasteiger charge is 2.16. The van der Waals surface area contributed by atoms with Crippen molar-refractivity contribution in [1.82, 2.24) is 9.55 Å². The zero-order valence-electron chi connectivity index (χ0n) is 13.7. The normalized spacial score (nSPS) is 13.7. The van der Waals surface area contributed by atoms with Gasteiger partial charge >= 0.3 is 0 Å². The van der Waals surface area contributed by atoms with Gasteiger partial charge in [0, 0.05) is 18.3 Å². The van der Waals surface area contributed by atoms with E-state index in [1.165, 1.54) is 5.56 Å². The fraction of sp³-hybridized carbons (Fsp3) is 0.500. The molecule has 2 rings (SSSR count). The SMILES string of the molecule is CC(C)c1nccn1CC(O)c1ccc(C(C)(C)C)cc1. The van der Waals surface area contributed by atoms with Crippen molar-refractivity contribution in [1.29, 1.82) is 0 Å². The molecule has 0 aliphatic heterocycles. The molecule has 21 heavy (non-hydrogen) atoms. The molecule has 1 aromatic heterocycles. The Balaban J connectivity index is 2.13. The number of nitrogens with zero attached hydrogens (tertiary/aromatic N) is 2. The molecule has 0 saturated heterocycles. The summed E-state index contributed by atoms with van der Waals surface area (Å²) < 4.78 is 2.03. The summed E-state index contributed by atoms with van der Waals surface area (Å²) in [5, 5.41) is 10.4. The van der Waals surface area contributed by atoms with Gasteiger partial charge in [0.05, 0.1) is 12.6 Å². The van der Waals surface area contributed by atoms with Crippen LogP contribution in [-0.2, 0) is 12.0 Å². The molecule has 114 valence electrons. The van der Waals surface area contributed by atoms with Gasteiger partial charge in [0.1, 0.15) is 5.82 Å². The summed E-state index contributed by atoms with van der Waals surface area (Å²) in [6.07, 6.45) is 3.22. The van der Waals surface area contributed by atoms with Crippen LogP contribution in [0.1, 0.15) is 63.6 Å². The predicted molar refractivity (Wildman–Crippen MR) is 86.4 cm³/mol. The highest BCUT2D eigenvalue weighted by Crippen LogP contribution is 2.25. The van der Waals surface area contributed by atoms with Crippen LogP contribution in [0.25, 0.3) is 0 Å². The van der Waals surface area contributed by atoms with Crippen LogP contribution >= 0.6 is 0 Å². The summed E-state index contributed by atoms with van der Waals surface area (Å²) in [4.78, 5) is 4.36. The average Bonchev–Trinajstić information content (AvgIpc) is 2.86. The highest BCUT2D eigenvalue weighted by atomic mass is 16.3. The average molecular weight is 286 g/mol. The molecule has 0 amide bonds. The molecule has 0 aliphatic rings. The quantitative estimate of drug-likeness (QED) is 0.921. The largest absolute Gasteiger partial charge is 0.387 e. The number of hydrogen-bond acceptors (Lipinski definition) is 2. The van der Waals surface area contributed by atoms with Crippen molar-refractivity contribution in [2.75, 3.05) is 0 Å². The summed E-state index contributed by atoms with van der Waals surface area (Å²) in [5.74, 6) is 1.37. The molecule has 1 N–H and O–H groups in total. The van der Waals surface area contributed by atoms with E-state index in [1.54, 1.807) is 6.20 Å². The Kier molecular flexibility index (Phi) is 4.52. The number of benzene rings is 1. The summed E-state index contributed by atoms with van der Waals surface area (Å²) in [5.41, 5.74) is 2.37. The summed E-state index contributed by atoms with van der Waals surface area (Å²) in [6, 6.07) is 8.26. The zero-order valence-corrected chi connectivity index (χ0v) is 13.7. The molecular weight excluding hydrogens is 260 g/mol. The van der Waals surface area contributed by atoms with Gasteiger partial charge in [-0.15, -0.1) is 0 Å². The van der Waals surface area contributed by atoms with Gasteiger partial charge in [0.25, 0.3) is 0 Å². The number of imidazole rings is 1. The molecule has 0 aliphatic carbocycles. The third-order valence-electron chi connectivity index (χ3n) is 3.80. The lowest BCUT2D eigenvalue weighted by Crippen LogP contribution is -2.13. The molecule has 2 aromatic rings. The molecule has 1 aromatic carbocycles. The Hall–Kier alpha value is -1.61. The lowest BCUT2D eigenvalue weighted by Gasteiger charge is -2.20. The van der Waals surface area contributed by atoms with Crippen molar-refractivity contribution in [2.24, 2.45) is 0 Å². The fourth-order valence-electron chi connectivity index (χ4n) is 2.47. The van der Waals surface area contributed by atoms with E-state index in [4.69, 9.17) is 0 Å². The molecule has 1 heterocycles. The molecule has 0 saturated carbocycles. The van der Waals surface area contributed by atoms with Crippen LogP contribution in [0.3, 0.4) is 0 Å². The second-order valence-corrected chi connectivity index (χ2v) is 6.98. The molecule has 0 spiro atoms. The molecule has 0 fully saturated rings. The van der Waals surface area contributed by atoms with E-state index in [2.05, 4.69) is 51.7 Å². The monoisotopic (exact) mass is 286 g/mol. The minimum Gasteiger partial charge on any atom is -0.387 e. The summed E-state index contributed by atoms with van der Waals surface area (Å²) in [6.45, 7) is 11.4. The van der Waals surface area contributed by atoms with Gasteiger partial charge in [-0.3, -0.25) is 0 Å². The third kappa shape index (κ3) is 3.73. The van der Waals surface area contributed by atoms with Crippen molar-refractivity contribution in [3.05, 3.63) is 53.6 Å². The first kappa shape index (κ1) is 15.8. The lowest BCUT2D eigenvalue weighted by atomic mass is 9.86. The van der Waals surface area contributed by atoms with Crippen LogP contribution in [0.2, 0.25) is 0 Å². The van der Waals surface area contributed by atoms with E-state index < -0.39 is 6.10 Å². The Labute approximate surface area is 127 Å². The van der Waals surface area contributed by atoms with Crippen molar-refractivity contribution in [3.63, 3.8) is 0 Å². The maximum absolute atomic E-state index is 10.4. The van der Waals surface area contributed by atoms with Gasteiger partial charge in [0.2, 0.25) is 0 Å². The predicted octanol–water partition coefficient (Wildman–Crippen LogP) is 4.04. The molecule has 3 heteroatoms. The molecule has 1 atom stereocenters. The van der Waals surface area contributed by atoms with Crippen molar-refractivity contribution < 1.29 is 5.11 Å². The first-order valence-corrected chi connectivity index (χ1v) is 7.58. The van der Waals surface area contributed by atoms with E-state index in [1.807, 2.05) is 22.9 Å². The van der Waals surface area contributed by atoms with Crippen LogP contribution < -0.4 is 0 Å². The van der Waals surface area contributed by atoms with Crippen molar-refractivity contribution >= 4 is 0 Å². The van der Waals surface area contributed by atoms with Crippen molar-refractivity contribution in [3.8, 4) is 0 Å². The van der Waals surface area contributed by atoms with Gasteiger partial charge < -0.3 is 9.67 Å². The van der Waals surface area contributed by atoms with E-state index in [9.17, 15) is 5.11 Å². The van der Waals surface area contributed by atoms with Gasteiger partial charge in [-0.1, -0.05) is 58.9 Å². The van der Waals surface area contributed by atoms with Crippen LogP contribution in [0.15, 0.2) is 36.7 Å². The van der Waals surface area contributed by atoms with Gasteiger partial charge in [-0.2, -0.15) is 0 Å². The van der Waals surface area contributed by atoms with Crippen LogP contribution in [0.4, 0.5) is 0 Å². The minimum absolute atomic E-state index is 0.138. The number of aromatic nitrogens is 2. The second kappa shape index (κ2) is 6.02. The molecular formula is C18H26N2O. The van der Waals surface area contributed by atoms with E-state index in [-0.39, 0.29) is 5.41 Å². The Morgan fingerprint density at radius 2 is 1.76 bits per heavy atom. The topological polar surface area (TPSA) is 38.0 Å². The molecule has 3 nitrogen and oxygen atoms in total. The number of rotatable bonds is 4. The van der Waals surface area contributed by atoms with Gasteiger partial charge in [-0.25, -0.2) is 4.98 Å². The van der Waals surface area contributed by atoms with Crippen LogP contribution in [-0.4, -0.2) is 14.7 Å². The molecule has 0 bridgehead atoms. The number of aliphatic hydroxyl groups excluding tert-OH is 1. The van der Waals surface area contributed by atoms with E-state index >= 15 is 0 Å². The third-order valence-corrected chi connectivity index (χ3v) is 3.80. The Morgan fingerprint density at radius 3 is 2.29 bits per heavy atom.